The van der Waals surface area contributed by atoms with Gasteiger partial charge in [-0.3, -0.25) is 14.3 Å². The molecule has 180 valence electrons. The van der Waals surface area contributed by atoms with E-state index in [2.05, 4.69) is 27.0 Å². The van der Waals surface area contributed by atoms with Crippen molar-refractivity contribution in [3.63, 3.8) is 0 Å². The van der Waals surface area contributed by atoms with Crippen LogP contribution in [-0.4, -0.2) is 65.2 Å². The monoisotopic (exact) mass is 474 g/mol. The highest BCUT2D eigenvalue weighted by molar-refractivity contribution is 5.89. The first-order valence-corrected chi connectivity index (χ1v) is 9.99. The quantitative estimate of drug-likeness (QED) is 0.0929. The average molecular weight is 474 g/mol. The number of anilines is 2. The van der Waals surface area contributed by atoms with Crippen molar-refractivity contribution in [1.29, 1.82) is 0 Å². The van der Waals surface area contributed by atoms with Gasteiger partial charge < -0.3 is 30.8 Å². The molecule has 0 aromatic carbocycles. The lowest BCUT2D eigenvalue weighted by atomic mass is 10.1. The van der Waals surface area contributed by atoms with E-state index in [-0.39, 0.29) is 29.2 Å². The molecule has 0 radical (unpaired) electrons. The van der Waals surface area contributed by atoms with Crippen LogP contribution in [0.15, 0.2) is 40.6 Å². The van der Waals surface area contributed by atoms with Crippen LogP contribution in [0, 0.1) is 0 Å². The van der Waals surface area contributed by atoms with Crippen molar-refractivity contribution in [2.45, 2.75) is 31.1 Å². The van der Waals surface area contributed by atoms with Gasteiger partial charge in [0.05, 0.1) is 5.56 Å². The van der Waals surface area contributed by atoms with Crippen molar-refractivity contribution >= 4 is 28.9 Å². The zero-order valence-electron chi connectivity index (χ0n) is 17.6. The summed E-state index contributed by atoms with van der Waals surface area (Å²) in [6.45, 7) is 3.09. The number of H-pyrrole nitrogens is 1. The second-order valence-electron chi connectivity index (χ2n) is 7.40. The van der Waals surface area contributed by atoms with Crippen LogP contribution < -0.4 is 28.3 Å². The number of pyridine rings is 1. The molecule has 3 aromatic rings. The van der Waals surface area contributed by atoms with Gasteiger partial charge in [0.25, 0.3) is 5.56 Å². The van der Waals surface area contributed by atoms with Crippen molar-refractivity contribution in [3.8, 4) is 0 Å². The largest absolute Gasteiger partial charge is 0.459 e. The zero-order valence-corrected chi connectivity index (χ0v) is 17.6. The van der Waals surface area contributed by atoms with Crippen molar-refractivity contribution in [3.05, 3.63) is 57.4 Å². The summed E-state index contributed by atoms with van der Waals surface area (Å²) in [5.74, 6) is 4.55. The topological polar surface area (TPSA) is 226 Å². The number of aromatic nitrogens is 5. The van der Waals surface area contributed by atoms with E-state index in [4.69, 9.17) is 21.1 Å². The van der Waals surface area contributed by atoms with Crippen LogP contribution in [0.5, 0.6) is 0 Å². The number of esters is 1. The molecule has 0 spiro atoms. The number of carbonyl (C=O) groups excluding carboxylic acids is 1. The molecule has 0 amide bonds. The Balaban J connectivity index is 1.60. The van der Waals surface area contributed by atoms with Gasteiger partial charge >= 0.3 is 11.7 Å². The van der Waals surface area contributed by atoms with Gasteiger partial charge in [-0.15, -0.1) is 6.58 Å². The lowest BCUT2D eigenvalue weighted by Gasteiger charge is -2.15. The third-order valence-electron chi connectivity index (χ3n) is 5.26. The molecule has 1 fully saturated rings. The smallest absolute Gasteiger partial charge is 0.339 e. The molecule has 15 heteroatoms. The summed E-state index contributed by atoms with van der Waals surface area (Å²) in [5, 5.41) is 21.1. The Labute approximate surface area is 190 Å². The van der Waals surface area contributed by atoms with Crippen LogP contribution in [-0.2, 0) is 16.0 Å². The number of hydrogen-bond donors (Lipinski definition) is 6. The normalized spacial score (nSPS) is 22.1. The molecule has 4 atom stereocenters. The number of aliphatic hydroxyl groups excluding tert-OH is 2. The number of nitrogens with one attached hydrogen (secondary N) is 2. The van der Waals surface area contributed by atoms with Gasteiger partial charge in [0, 0.05) is 12.7 Å². The highest BCUT2D eigenvalue weighted by Gasteiger charge is 2.46. The lowest BCUT2D eigenvalue weighted by Crippen LogP contribution is -2.36. The number of aromatic amines is 1. The molecule has 8 N–H and O–H groups in total. The van der Waals surface area contributed by atoms with Crippen molar-refractivity contribution in [2.75, 3.05) is 17.8 Å². The minimum absolute atomic E-state index is 0.0318. The van der Waals surface area contributed by atoms with Crippen molar-refractivity contribution in [2.24, 2.45) is 5.84 Å². The maximum absolute atomic E-state index is 13.1. The molecule has 34 heavy (non-hydrogen) atoms. The number of hydrogen-bond acceptors (Lipinski definition) is 12. The van der Waals surface area contributed by atoms with Gasteiger partial charge in [-0.25, -0.2) is 25.0 Å². The molecule has 0 aliphatic carbocycles. The van der Waals surface area contributed by atoms with E-state index in [0.717, 1.165) is 9.13 Å². The maximum atomic E-state index is 13.1. The Kier molecular flexibility index (Phi) is 6.16. The molecule has 1 saturated heterocycles. The summed E-state index contributed by atoms with van der Waals surface area (Å²) >= 11 is 0. The van der Waals surface area contributed by atoms with E-state index in [1.165, 1.54) is 24.4 Å². The Morgan fingerprint density at radius 2 is 2.12 bits per heavy atom. The van der Waals surface area contributed by atoms with Gasteiger partial charge in [-0.2, -0.15) is 4.98 Å². The number of ether oxygens (including phenoxy) is 2. The van der Waals surface area contributed by atoms with E-state index in [0.29, 0.717) is 5.82 Å². The number of aliphatic hydroxyl groups is 2. The van der Waals surface area contributed by atoms with E-state index in [1.807, 2.05) is 0 Å². The molecular weight excluding hydrogens is 452 g/mol. The van der Waals surface area contributed by atoms with Gasteiger partial charge in [0.2, 0.25) is 5.95 Å². The minimum Gasteiger partial charge on any atom is -0.459 e. The highest BCUT2D eigenvalue weighted by atomic mass is 16.6. The summed E-state index contributed by atoms with van der Waals surface area (Å²) in [6.07, 6.45) is -3.12. The van der Waals surface area contributed by atoms with Crippen LogP contribution in [0.3, 0.4) is 0 Å². The van der Waals surface area contributed by atoms with Gasteiger partial charge in [0.1, 0.15) is 30.7 Å². The van der Waals surface area contributed by atoms with Crippen LogP contribution in [0.2, 0.25) is 0 Å². The van der Waals surface area contributed by atoms with E-state index in [1.54, 1.807) is 0 Å². The highest BCUT2D eigenvalue weighted by Crippen LogP contribution is 2.30. The SMILES string of the molecule is C=CCn1c(=O)n([C@@H]2O[C@H](COC(=O)c3ccc(NN)nc3)[C@H](O)[C@H]2O)c2nc(N)[nH]c(=O)c21. The summed E-state index contributed by atoms with van der Waals surface area (Å²) in [6, 6.07) is 2.89. The van der Waals surface area contributed by atoms with E-state index in [9.17, 15) is 24.6 Å². The Hall–Kier alpha value is -4.05. The summed E-state index contributed by atoms with van der Waals surface area (Å²) < 4.78 is 12.8. The van der Waals surface area contributed by atoms with E-state index >= 15 is 0 Å². The second-order valence-corrected chi connectivity index (χ2v) is 7.40. The van der Waals surface area contributed by atoms with Crippen LogP contribution >= 0.6 is 0 Å². The number of allylic oxidation sites excluding steroid dienone is 1. The third kappa shape index (κ3) is 3.92. The molecule has 3 aromatic heterocycles. The number of fused-ring (bicyclic) bond motifs is 1. The van der Waals surface area contributed by atoms with Crippen LogP contribution in [0.25, 0.3) is 11.2 Å². The molecule has 4 heterocycles. The number of imidazole rings is 1. The number of carbonyl (C=O) groups is 1. The number of hydrazine groups is 1. The lowest BCUT2D eigenvalue weighted by molar-refractivity contribution is -0.0579. The van der Waals surface area contributed by atoms with Crippen LogP contribution in [0.4, 0.5) is 11.8 Å². The zero-order chi connectivity index (χ0) is 24.6. The van der Waals surface area contributed by atoms with Gasteiger partial charge in [0.15, 0.2) is 17.4 Å². The molecule has 4 rings (SSSR count). The fraction of sp³-hybridized carbons (Fsp3) is 0.316. The number of nitrogens with two attached hydrogens (primary N) is 2. The summed E-state index contributed by atoms with van der Waals surface area (Å²) in [5.41, 5.74) is 6.39. The van der Waals surface area contributed by atoms with Crippen LogP contribution in [0.1, 0.15) is 16.6 Å². The number of rotatable bonds is 7. The first-order chi connectivity index (χ1) is 16.3. The molecule has 0 unspecified atom stereocenters. The van der Waals surface area contributed by atoms with E-state index < -0.39 is 48.4 Å². The average Bonchev–Trinajstić information content (AvgIpc) is 3.25. The number of nitrogen functional groups attached to an aromatic ring is 2. The molecule has 1 aliphatic rings. The summed E-state index contributed by atoms with van der Waals surface area (Å²) in [4.78, 5) is 48.0. The molecule has 1 aliphatic heterocycles. The Bertz CT molecular complexity index is 1350. The predicted octanol–water partition coefficient (Wildman–Crippen LogP) is -2.19. The minimum atomic E-state index is -1.61. The Morgan fingerprint density at radius 1 is 1.35 bits per heavy atom. The molecule has 15 nitrogen and oxygen atoms in total. The molecule has 0 bridgehead atoms. The third-order valence-corrected chi connectivity index (χ3v) is 5.26. The van der Waals surface area contributed by atoms with Gasteiger partial charge in [-0.05, 0) is 12.1 Å². The first kappa shape index (κ1) is 23.1. The first-order valence-electron chi connectivity index (χ1n) is 9.99. The van der Waals surface area contributed by atoms with Crippen molar-refractivity contribution in [1.82, 2.24) is 24.1 Å². The number of nitrogens with zero attached hydrogens (tertiary/aromatic N) is 4. The molecular formula is C19H22N8O7. The second kappa shape index (κ2) is 9.06. The summed E-state index contributed by atoms with van der Waals surface area (Å²) in [7, 11) is 0. The molecule has 0 saturated carbocycles. The fourth-order valence-corrected chi connectivity index (χ4v) is 3.65. The van der Waals surface area contributed by atoms with Gasteiger partial charge in [-0.1, -0.05) is 6.08 Å². The predicted molar refractivity (Wildman–Crippen MR) is 117 cm³/mol. The Morgan fingerprint density at radius 3 is 2.76 bits per heavy atom. The van der Waals surface area contributed by atoms with Crippen molar-refractivity contribution < 1.29 is 24.5 Å². The maximum Gasteiger partial charge on any atom is 0.339 e. The standard InChI is InChI=1S/C19H22N8O7/c1-2-5-26-11-14(23-18(20)24-15(11)30)27(19(26)32)16-13(29)12(28)9(34-16)7-33-17(31)8-3-4-10(25-21)22-6-8/h2-4,6,9,12-13,16,28-29H,1,5,7,21H2,(H,22,25)(H3,20,23,24,30)/t9-,12+,13-,16-/m1/s1. The fourth-order valence-electron chi connectivity index (χ4n) is 3.65.